The van der Waals surface area contributed by atoms with E-state index in [2.05, 4.69) is 38.3 Å². The van der Waals surface area contributed by atoms with E-state index >= 15 is 0 Å². The molecule has 2 heterocycles. The molecule has 2 aliphatic heterocycles. The maximum absolute atomic E-state index is 11.1. The summed E-state index contributed by atoms with van der Waals surface area (Å²) in [7, 11) is -4.14. The van der Waals surface area contributed by atoms with Gasteiger partial charge in [-0.05, 0) is 27.7 Å². The number of amides is 1. The summed E-state index contributed by atoms with van der Waals surface area (Å²) in [5.74, 6) is 2.42. The van der Waals surface area contributed by atoms with Crippen molar-refractivity contribution in [2.45, 2.75) is 59.2 Å². The first kappa shape index (κ1) is 23.0. The molecule has 0 atom stereocenters. The Labute approximate surface area is 184 Å². The van der Waals surface area contributed by atoms with Gasteiger partial charge < -0.3 is 5.32 Å². The largest absolute Gasteiger partial charge is 0.342 e. The Morgan fingerprint density at radius 2 is 1.23 bits per heavy atom. The number of quaternary nitrogens is 1. The molecule has 2 aliphatic rings. The second-order valence-corrected chi connectivity index (χ2v) is 12.1. The Morgan fingerprint density at radius 3 is 1.52 bits per heavy atom. The van der Waals surface area contributed by atoms with E-state index in [0.717, 1.165) is 12.1 Å². The molecule has 0 aromatic heterocycles. The molecule has 1 spiro atoms. The van der Waals surface area contributed by atoms with Crippen molar-refractivity contribution >= 4 is 14.2 Å². The predicted molar refractivity (Wildman–Crippen MR) is 121 cm³/mol. The van der Waals surface area contributed by atoms with E-state index in [0.29, 0.717) is 42.0 Å². The monoisotopic (exact) mass is 446 g/mol. The Morgan fingerprint density at radius 1 is 0.839 bits per heavy atom. The Hall–Kier alpha value is -2.71. The summed E-state index contributed by atoms with van der Waals surface area (Å²) in [5.41, 5.74) is 0. The molecular formula is C23H34N2O5Si. The Balaban J connectivity index is 0.000000339. The average Bonchev–Trinajstić information content (AvgIpc) is 3.18. The molecule has 4 rings (SSSR count). The van der Waals surface area contributed by atoms with Gasteiger partial charge >= 0.3 is 140 Å². The minimum atomic E-state index is -4.14. The molecule has 3 N–H and O–H groups in total. The van der Waals surface area contributed by atoms with Gasteiger partial charge in [0.05, 0.1) is 12.1 Å². The summed E-state index contributed by atoms with van der Waals surface area (Å²) in [5, 5.41) is 5.11. The van der Waals surface area contributed by atoms with Gasteiger partial charge in [0.25, 0.3) is 0 Å². The third kappa shape index (κ3) is 5.51. The molecule has 0 unspecified atom stereocenters. The minimum Gasteiger partial charge on any atom is -0.342 e. The number of carbonyl (C=O) groups is 1. The SMILES string of the molecule is CC(=O)NCCC[Si-]12(Oc3ccccc3O1)Oc1ccccc1O2.CC(C)[NH2+]C(C)C. The second kappa shape index (κ2) is 9.19. The van der Waals surface area contributed by atoms with Crippen LogP contribution in [-0.4, -0.2) is 32.9 Å². The van der Waals surface area contributed by atoms with E-state index in [1.807, 2.05) is 48.5 Å². The van der Waals surface area contributed by atoms with E-state index in [1.165, 1.54) is 6.92 Å². The van der Waals surface area contributed by atoms with Crippen molar-refractivity contribution in [3.8, 4) is 23.0 Å². The summed E-state index contributed by atoms with van der Waals surface area (Å²) in [6.45, 7) is 10.8. The van der Waals surface area contributed by atoms with Crippen molar-refractivity contribution in [2.75, 3.05) is 6.54 Å². The smallest absolute Gasteiger partial charge is 0.0803 e. The molecule has 8 heteroatoms. The maximum atomic E-state index is 11.1. The van der Waals surface area contributed by atoms with Crippen LogP contribution in [0.4, 0.5) is 0 Å². The topological polar surface area (TPSA) is 82.6 Å². The first-order valence-electron chi connectivity index (χ1n) is 10.9. The minimum absolute atomic E-state index is 0.0713. The third-order valence-corrected chi connectivity index (χ3v) is 8.46. The zero-order valence-electron chi connectivity index (χ0n) is 19.0. The van der Waals surface area contributed by atoms with E-state index < -0.39 is 8.33 Å². The fraction of sp³-hybridized carbons (Fsp3) is 0.435. The van der Waals surface area contributed by atoms with Crippen LogP contribution in [0.5, 0.6) is 23.0 Å². The molecule has 2 aromatic rings. The number of benzene rings is 2. The second-order valence-electron chi connectivity index (χ2n) is 8.65. The predicted octanol–water partition coefficient (Wildman–Crippen LogP) is 3.21. The van der Waals surface area contributed by atoms with Crippen LogP contribution in [0.25, 0.3) is 0 Å². The van der Waals surface area contributed by atoms with Gasteiger partial charge in [-0.15, -0.1) is 0 Å². The molecule has 31 heavy (non-hydrogen) atoms. The molecule has 0 saturated heterocycles. The first-order valence-corrected chi connectivity index (χ1v) is 13.3. The molecule has 0 fully saturated rings. The van der Waals surface area contributed by atoms with Crippen LogP contribution in [0.2, 0.25) is 6.04 Å². The van der Waals surface area contributed by atoms with Gasteiger partial charge in [-0.1, -0.05) is 0 Å². The van der Waals surface area contributed by atoms with Crippen LogP contribution in [-0.2, 0) is 4.79 Å². The molecule has 7 nitrogen and oxygen atoms in total. The Bertz CT molecular complexity index is 799. The van der Waals surface area contributed by atoms with Crippen molar-refractivity contribution in [3.05, 3.63) is 48.5 Å². The number of para-hydroxylation sites is 4. The number of hydrogen-bond donors (Lipinski definition) is 2. The number of nitrogens with one attached hydrogen (secondary N) is 1. The average molecular weight is 447 g/mol. The van der Waals surface area contributed by atoms with E-state index in [4.69, 9.17) is 17.7 Å². The summed E-state index contributed by atoms with van der Waals surface area (Å²) in [4.78, 5) is 11.1. The van der Waals surface area contributed by atoms with Crippen molar-refractivity contribution in [3.63, 3.8) is 0 Å². The molecule has 170 valence electrons. The van der Waals surface area contributed by atoms with Gasteiger partial charge in [0, 0.05) is 0 Å². The quantitative estimate of drug-likeness (QED) is 0.526. The van der Waals surface area contributed by atoms with E-state index in [9.17, 15) is 4.79 Å². The fourth-order valence-corrected chi connectivity index (χ4v) is 7.61. The van der Waals surface area contributed by atoms with Crippen LogP contribution < -0.4 is 28.3 Å². The Kier molecular flexibility index (Phi) is 6.81. The van der Waals surface area contributed by atoms with Gasteiger partial charge in [-0.25, -0.2) is 0 Å². The maximum Gasteiger partial charge on any atom is 0.0803 e. The van der Waals surface area contributed by atoms with Crippen molar-refractivity contribution in [1.29, 1.82) is 0 Å². The molecule has 0 aliphatic carbocycles. The summed E-state index contributed by atoms with van der Waals surface area (Å²) in [6.07, 6.45) is 0.620. The fourth-order valence-electron chi connectivity index (χ4n) is 3.83. The van der Waals surface area contributed by atoms with Crippen molar-refractivity contribution in [1.82, 2.24) is 5.32 Å². The number of nitrogens with two attached hydrogens (primary N) is 1. The van der Waals surface area contributed by atoms with Gasteiger partial charge in [-0.2, -0.15) is 0 Å². The van der Waals surface area contributed by atoms with Crippen molar-refractivity contribution < 1.29 is 27.8 Å². The van der Waals surface area contributed by atoms with Gasteiger partial charge in [0.2, 0.25) is 0 Å². The summed E-state index contributed by atoms with van der Waals surface area (Å²) in [6, 6.07) is 16.8. The molecular weight excluding hydrogens is 412 g/mol. The molecule has 1 amide bonds. The number of fused-ring (bicyclic) bond motifs is 2. The normalized spacial score (nSPS) is 17.6. The van der Waals surface area contributed by atoms with Crippen LogP contribution >= 0.6 is 0 Å². The summed E-state index contributed by atoms with van der Waals surface area (Å²) >= 11 is 0. The molecule has 0 saturated carbocycles. The number of rotatable bonds is 6. The van der Waals surface area contributed by atoms with Gasteiger partial charge in [0.1, 0.15) is 0 Å². The standard InChI is InChI=1S/C17H18NO5Si.C6H15N/c1-13(19)18-11-6-12-24(20-14-7-2-3-8-15(14)21-24)22-16-9-4-5-10-17(16)23-24;1-5(2)7-6(3)4/h2-5,7-10H,6,11-12H2,1H3,(H,18,19);5-7H,1-4H3/q-1;/p+1. The number of hydrogen-bond acceptors (Lipinski definition) is 5. The van der Waals surface area contributed by atoms with Crippen LogP contribution in [0.15, 0.2) is 48.5 Å². The zero-order chi connectivity index (χ0) is 22.5. The molecule has 0 radical (unpaired) electrons. The van der Waals surface area contributed by atoms with Gasteiger partial charge in [-0.3, -0.25) is 0 Å². The third-order valence-electron chi connectivity index (χ3n) is 4.83. The molecule has 2 aromatic carbocycles. The van der Waals surface area contributed by atoms with Crippen LogP contribution in [0.3, 0.4) is 0 Å². The van der Waals surface area contributed by atoms with Crippen molar-refractivity contribution in [2.24, 2.45) is 0 Å². The van der Waals surface area contributed by atoms with E-state index in [-0.39, 0.29) is 5.91 Å². The van der Waals surface area contributed by atoms with E-state index in [1.54, 1.807) is 0 Å². The molecule has 0 bridgehead atoms. The van der Waals surface area contributed by atoms with Crippen LogP contribution in [0, 0.1) is 0 Å². The van der Waals surface area contributed by atoms with Gasteiger partial charge in [0.15, 0.2) is 0 Å². The first-order chi connectivity index (χ1) is 14.7. The summed E-state index contributed by atoms with van der Waals surface area (Å²) < 4.78 is 24.8. The number of carbonyl (C=O) groups excluding carboxylic acids is 1. The zero-order valence-corrected chi connectivity index (χ0v) is 20.0. The van der Waals surface area contributed by atoms with Crippen LogP contribution in [0.1, 0.15) is 41.0 Å².